The molecule has 0 radical (unpaired) electrons. The molecule has 1 N–H and O–H groups in total. The highest BCUT2D eigenvalue weighted by molar-refractivity contribution is 5.72. The van der Waals surface area contributed by atoms with Gasteiger partial charge in [0.2, 0.25) is 23.7 Å². The topological polar surface area (TPSA) is 126 Å². The maximum absolute atomic E-state index is 12.9. The zero-order valence-electron chi connectivity index (χ0n) is 22.8. The summed E-state index contributed by atoms with van der Waals surface area (Å²) < 4.78 is 38.4. The van der Waals surface area contributed by atoms with Crippen molar-refractivity contribution >= 4 is 5.97 Å². The predicted octanol–water partition coefficient (Wildman–Crippen LogP) is 3.35. The molecule has 212 valence electrons. The third-order valence-electron chi connectivity index (χ3n) is 7.17. The average molecular weight is 554 g/mol. The SMILES string of the molecule is COC(=O)C[C@H](c1cc(OC)c2c(c1)OCO2)c1oc(CN2CCc3cc(OC)c(OC)cc3C2)cc(=O)c1O. The van der Waals surface area contributed by atoms with Crippen molar-refractivity contribution in [2.45, 2.75) is 31.8 Å². The van der Waals surface area contributed by atoms with E-state index in [0.29, 0.717) is 59.7 Å². The van der Waals surface area contributed by atoms with Crippen molar-refractivity contribution in [3.05, 3.63) is 68.8 Å². The van der Waals surface area contributed by atoms with E-state index in [2.05, 4.69) is 4.90 Å². The maximum atomic E-state index is 12.9. The number of carbonyl (C=O) groups is 1. The Bertz CT molecular complexity index is 1480. The largest absolute Gasteiger partial charge is 0.502 e. The Morgan fingerprint density at radius 2 is 1.70 bits per heavy atom. The van der Waals surface area contributed by atoms with Crippen LogP contribution in [0.25, 0.3) is 0 Å². The molecule has 0 bridgehead atoms. The van der Waals surface area contributed by atoms with Gasteiger partial charge in [-0.05, 0) is 47.4 Å². The van der Waals surface area contributed by atoms with Crippen molar-refractivity contribution in [2.75, 3.05) is 41.8 Å². The van der Waals surface area contributed by atoms with Gasteiger partial charge in [0.15, 0.2) is 28.8 Å². The van der Waals surface area contributed by atoms with E-state index in [9.17, 15) is 14.7 Å². The van der Waals surface area contributed by atoms with Crippen molar-refractivity contribution < 1.29 is 42.7 Å². The molecule has 3 heterocycles. The smallest absolute Gasteiger partial charge is 0.306 e. The summed E-state index contributed by atoms with van der Waals surface area (Å²) in [6, 6.07) is 8.56. The van der Waals surface area contributed by atoms with Gasteiger partial charge in [-0.1, -0.05) is 0 Å². The Labute approximate surface area is 230 Å². The van der Waals surface area contributed by atoms with Crippen molar-refractivity contribution in [2.24, 2.45) is 0 Å². The third-order valence-corrected chi connectivity index (χ3v) is 7.17. The summed E-state index contributed by atoms with van der Waals surface area (Å²) in [7, 11) is 5.96. The minimum absolute atomic E-state index is 0.0181. The van der Waals surface area contributed by atoms with Gasteiger partial charge in [0.1, 0.15) is 5.76 Å². The van der Waals surface area contributed by atoms with Crippen molar-refractivity contribution in [3.63, 3.8) is 0 Å². The monoisotopic (exact) mass is 553 g/mol. The molecule has 2 aromatic carbocycles. The first-order valence-electron chi connectivity index (χ1n) is 12.7. The van der Waals surface area contributed by atoms with Crippen LogP contribution in [0.1, 0.15) is 40.5 Å². The van der Waals surface area contributed by atoms with Gasteiger partial charge in [-0.3, -0.25) is 14.5 Å². The van der Waals surface area contributed by atoms with E-state index in [-0.39, 0.29) is 19.0 Å². The summed E-state index contributed by atoms with van der Waals surface area (Å²) >= 11 is 0. The average Bonchev–Trinajstić information content (AvgIpc) is 3.45. The van der Waals surface area contributed by atoms with Crippen molar-refractivity contribution in [3.8, 4) is 34.5 Å². The molecule has 0 saturated carbocycles. The Balaban J connectivity index is 1.48. The minimum atomic E-state index is -0.859. The number of fused-ring (bicyclic) bond motifs is 2. The molecule has 11 heteroatoms. The zero-order chi connectivity index (χ0) is 28.4. The summed E-state index contributed by atoms with van der Waals surface area (Å²) in [6.07, 6.45) is 0.574. The molecule has 11 nitrogen and oxygen atoms in total. The Kier molecular flexibility index (Phi) is 7.74. The van der Waals surface area contributed by atoms with Gasteiger partial charge in [0.25, 0.3) is 0 Å². The number of hydrogen-bond donors (Lipinski definition) is 1. The van der Waals surface area contributed by atoms with E-state index >= 15 is 0 Å². The number of esters is 1. The number of hydrogen-bond acceptors (Lipinski definition) is 11. The standard InChI is InChI=1S/C29H31NO10/c1-34-22-7-16-5-6-30(13-18(16)10-23(22)35-2)14-19-11-21(31)27(33)28(40-19)20(12-26(32)37-4)17-8-24(36-3)29-25(9-17)38-15-39-29/h7-11,20,33H,5-6,12-15H2,1-4H3/t20-/m1/s1. The van der Waals surface area contributed by atoms with Gasteiger partial charge in [0.05, 0.1) is 47.3 Å². The Morgan fingerprint density at radius 3 is 2.40 bits per heavy atom. The quantitative estimate of drug-likeness (QED) is 0.392. The second kappa shape index (κ2) is 11.4. The molecule has 2 aliphatic rings. The molecule has 1 aromatic heterocycles. The number of benzene rings is 2. The van der Waals surface area contributed by atoms with E-state index in [1.165, 1.54) is 20.3 Å². The van der Waals surface area contributed by atoms with Crippen LogP contribution in [0, 0.1) is 0 Å². The first-order valence-corrected chi connectivity index (χ1v) is 12.7. The molecule has 5 rings (SSSR count). The van der Waals surface area contributed by atoms with E-state index in [0.717, 1.165) is 17.5 Å². The van der Waals surface area contributed by atoms with Crippen LogP contribution >= 0.6 is 0 Å². The molecule has 0 fully saturated rings. The minimum Gasteiger partial charge on any atom is -0.502 e. The fourth-order valence-corrected chi connectivity index (χ4v) is 5.13. The lowest BCUT2D eigenvalue weighted by Gasteiger charge is -2.29. The van der Waals surface area contributed by atoms with Crippen LogP contribution in [-0.2, 0) is 29.0 Å². The van der Waals surface area contributed by atoms with Gasteiger partial charge < -0.3 is 37.9 Å². The molecule has 0 saturated heterocycles. The second-order valence-electron chi connectivity index (χ2n) is 9.52. The molecule has 1 atom stereocenters. The van der Waals surface area contributed by atoms with Crippen LogP contribution in [0.2, 0.25) is 0 Å². The molecule has 40 heavy (non-hydrogen) atoms. The molecule has 0 amide bonds. The molecule has 0 spiro atoms. The van der Waals surface area contributed by atoms with Crippen LogP contribution in [0.3, 0.4) is 0 Å². The summed E-state index contributed by atoms with van der Waals surface area (Å²) in [5.41, 5.74) is 2.16. The molecule has 0 aliphatic carbocycles. The number of nitrogens with zero attached hydrogens (tertiary/aromatic N) is 1. The maximum Gasteiger partial charge on any atom is 0.306 e. The Hall–Kier alpha value is -4.38. The van der Waals surface area contributed by atoms with Gasteiger partial charge in [-0.25, -0.2) is 0 Å². The lowest BCUT2D eigenvalue weighted by Crippen LogP contribution is -2.30. The highest BCUT2D eigenvalue weighted by atomic mass is 16.7. The van der Waals surface area contributed by atoms with Gasteiger partial charge in [-0.15, -0.1) is 0 Å². The normalized spacial score (nSPS) is 14.8. The van der Waals surface area contributed by atoms with Gasteiger partial charge in [0, 0.05) is 19.2 Å². The number of aromatic hydroxyl groups is 1. The number of rotatable bonds is 9. The lowest BCUT2D eigenvalue weighted by atomic mass is 9.91. The first kappa shape index (κ1) is 27.2. The third kappa shape index (κ3) is 5.24. The van der Waals surface area contributed by atoms with Crippen molar-refractivity contribution in [1.82, 2.24) is 4.90 Å². The van der Waals surface area contributed by atoms with Gasteiger partial charge >= 0.3 is 5.97 Å². The van der Waals surface area contributed by atoms with Crippen LogP contribution in [0.4, 0.5) is 0 Å². The molecular formula is C29H31NO10. The van der Waals surface area contributed by atoms with Crippen LogP contribution in [0.15, 0.2) is 39.5 Å². The summed E-state index contributed by atoms with van der Waals surface area (Å²) in [5, 5.41) is 10.8. The number of carbonyl (C=O) groups excluding carboxylic acids is 1. The summed E-state index contributed by atoms with van der Waals surface area (Å²) in [5.74, 6) is 0.887. The van der Waals surface area contributed by atoms with E-state index in [4.69, 9.17) is 32.8 Å². The zero-order valence-corrected chi connectivity index (χ0v) is 22.8. The second-order valence-corrected chi connectivity index (χ2v) is 9.52. The summed E-state index contributed by atoms with van der Waals surface area (Å²) in [6.45, 7) is 1.64. The van der Waals surface area contributed by atoms with E-state index < -0.39 is 23.1 Å². The number of methoxy groups -OCH3 is 4. The molecule has 0 unspecified atom stereocenters. The lowest BCUT2D eigenvalue weighted by molar-refractivity contribution is -0.140. The predicted molar refractivity (Wildman–Crippen MR) is 142 cm³/mol. The molecule has 3 aromatic rings. The summed E-state index contributed by atoms with van der Waals surface area (Å²) in [4.78, 5) is 27.5. The molecule has 2 aliphatic heterocycles. The van der Waals surface area contributed by atoms with Crippen LogP contribution in [0.5, 0.6) is 34.5 Å². The highest BCUT2D eigenvalue weighted by Crippen LogP contribution is 2.45. The van der Waals surface area contributed by atoms with Crippen LogP contribution < -0.4 is 29.1 Å². The first-order chi connectivity index (χ1) is 19.3. The van der Waals surface area contributed by atoms with Gasteiger partial charge in [-0.2, -0.15) is 0 Å². The van der Waals surface area contributed by atoms with Crippen LogP contribution in [-0.4, -0.2) is 57.8 Å². The van der Waals surface area contributed by atoms with Crippen molar-refractivity contribution in [1.29, 1.82) is 0 Å². The number of ether oxygens (including phenoxy) is 6. The fraction of sp³-hybridized carbons (Fsp3) is 0.379. The van der Waals surface area contributed by atoms with E-state index in [1.54, 1.807) is 26.4 Å². The Morgan fingerprint density at radius 1 is 0.975 bits per heavy atom. The van der Waals surface area contributed by atoms with E-state index in [1.807, 2.05) is 12.1 Å². The highest BCUT2D eigenvalue weighted by Gasteiger charge is 2.31. The fourth-order valence-electron chi connectivity index (χ4n) is 5.13. The molecular weight excluding hydrogens is 522 g/mol.